The Morgan fingerprint density at radius 2 is 1.86 bits per heavy atom. The predicted molar refractivity (Wildman–Crippen MR) is 83.5 cm³/mol. The van der Waals surface area contributed by atoms with Gasteiger partial charge in [-0.15, -0.1) is 0 Å². The number of hydrogen-bond acceptors (Lipinski definition) is 2. The molecule has 0 amide bonds. The van der Waals surface area contributed by atoms with E-state index in [4.69, 9.17) is 0 Å². The zero-order valence-corrected chi connectivity index (χ0v) is 12.6. The molecule has 0 saturated carbocycles. The number of aryl methyl sites for hydroxylation is 1. The summed E-state index contributed by atoms with van der Waals surface area (Å²) in [5, 5.41) is 10.2. The summed E-state index contributed by atoms with van der Waals surface area (Å²) < 4.78 is 13.5. The van der Waals surface area contributed by atoms with Crippen LogP contribution in [0.3, 0.4) is 0 Å². The van der Waals surface area contributed by atoms with Crippen LogP contribution >= 0.6 is 0 Å². The van der Waals surface area contributed by atoms with Crippen LogP contribution in [-0.2, 0) is 6.54 Å². The van der Waals surface area contributed by atoms with Crippen molar-refractivity contribution in [2.45, 2.75) is 26.0 Å². The molecule has 0 aliphatic heterocycles. The smallest absolute Gasteiger partial charge is 0.126 e. The number of halogens is 1. The van der Waals surface area contributed by atoms with Gasteiger partial charge in [-0.1, -0.05) is 42.5 Å². The van der Waals surface area contributed by atoms with Gasteiger partial charge in [0.1, 0.15) is 5.82 Å². The molecule has 2 nitrogen and oxygen atoms in total. The molecule has 3 heteroatoms. The number of rotatable bonds is 6. The Balaban J connectivity index is 1.85. The first kappa shape index (κ1) is 15.7. The standard InChI is InChI=1S/C18H22FNO/c1-14-8-9-16(12-17(14)19)18(21)10-11-20(2)13-15-6-4-3-5-7-15/h3-9,12,18,21H,10-11,13H2,1-2H3. The topological polar surface area (TPSA) is 23.5 Å². The van der Waals surface area contributed by atoms with E-state index in [0.717, 1.165) is 13.1 Å². The van der Waals surface area contributed by atoms with Crippen LogP contribution in [0.15, 0.2) is 48.5 Å². The minimum atomic E-state index is -0.627. The summed E-state index contributed by atoms with van der Waals surface area (Å²) in [6, 6.07) is 15.1. The maximum absolute atomic E-state index is 13.5. The molecule has 1 atom stereocenters. The van der Waals surface area contributed by atoms with Gasteiger partial charge in [0, 0.05) is 13.1 Å². The molecule has 2 aromatic rings. The van der Waals surface area contributed by atoms with Crippen molar-refractivity contribution in [1.82, 2.24) is 4.90 Å². The Labute approximate surface area is 125 Å². The number of hydrogen-bond donors (Lipinski definition) is 1. The molecule has 21 heavy (non-hydrogen) atoms. The Kier molecular flexibility index (Phi) is 5.48. The van der Waals surface area contributed by atoms with Gasteiger partial charge in [0.05, 0.1) is 6.10 Å². The molecule has 112 valence electrons. The van der Waals surface area contributed by atoms with Crippen LogP contribution in [0.25, 0.3) is 0 Å². The van der Waals surface area contributed by atoms with Crippen molar-refractivity contribution in [3.63, 3.8) is 0 Å². The van der Waals surface area contributed by atoms with Crippen LogP contribution in [0.4, 0.5) is 4.39 Å². The Hall–Kier alpha value is -1.71. The third-order valence-electron chi connectivity index (χ3n) is 3.66. The maximum atomic E-state index is 13.5. The summed E-state index contributed by atoms with van der Waals surface area (Å²) in [4.78, 5) is 2.16. The SMILES string of the molecule is Cc1ccc(C(O)CCN(C)Cc2ccccc2)cc1F. The molecule has 0 aliphatic carbocycles. The second-order valence-electron chi connectivity index (χ2n) is 5.54. The molecule has 2 rings (SSSR count). The molecule has 0 radical (unpaired) electrons. The average molecular weight is 287 g/mol. The second-order valence-corrected chi connectivity index (χ2v) is 5.54. The van der Waals surface area contributed by atoms with E-state index >= 15 is 0 Å². The number of benzene rings is 2. The Morgan fingerprint density at radius 3 is 2.52 bits per heavy atom. The molecule has 0 heterocycles. The predicted octanol–water partition coefficient (Wildman–Crippen LogP) is 3.69. The highest BCUT2D eigenvalue weighted by molar-refractivity contribution is 5.24. The van der Waals surface area contributed by atoms with E-state index in [2.05, 4.69) is 17.0 Å². The van der Waals surface area contributed by atoms with Gasteiger partial charge < -0.3 is 10.0 Å². The lowest BCUT2D eigenvalue weighted by Gasteiger charge is -2.19. The summed E-state index contributed by atoms with van der Waals surface area (Å²) >= 11 is 0. The van der Waals surface area contributed by atoms with E-state index in [0.29, 0.717) is 17.5 Å². The lowest BCUT2D eigenvalue weighted by atomic mass is 10.0. The zero-order valence-electron chi connectivity index (χ0n) is 12.6. The van der Waals surface area contributed by atoms with Crippen LogP contribution in [0, 0.1) is 12.7 Å². The van der Waals surface area contributed by atoms with Gasteiger partial charge in [-0.2, -0.15) is 0 Å². The molecular formula is C18H22FNO. The normalized spacial score (nSPS) is 12.6. The first-order valence-corrected chi connectivity index (χ1v) is 7.23. The first-order chi connectivity index (χ1) is 10.1. The van der Waals surface area contributed by atoms with E-state index in [-0.39, 0.29) is 5.82 Å². The Bertz CT molecular complexity index is 571. The maximum Gasteiger partial charge on any atom is 0.126 e. The third-order valence-corrected chi connectivity index (χ3v) is 3.66. The van der Waals surface area contributed by atoms with E-state index in [9.17, 15) is 9.50 Å². The lowest BCUT2D eigenvalue weighted by Crippen LogP contribution is -2.21. The summed E-state index contributed by atoms with van der Waals surface area (Å²) in [6.07, 6.45) is -0.0374. The minimum absolute atomic E-state index is 0.260. The molecule has 1 unspecified atom stereocenters. The monoisotopic (exact) mass is 287 g/mol. The van der Waals surface area contributed by atoms with E-state index < -0.39 is 6.10 Å². The van der Waals surface area contributed by atoms with Gasteiger partial charge in [0.15, 0.2) is 0 Å². The van der Waals surface area contributed by atoms with Crippen molar-refractivity contribution in [3.8, 4) is 0 Å². The van der Waals surface area contributed by atoms with Gasteiger partial charge in [-0.25, -0.2) is 4.39 Å². The van der Waals surface area contributed by atoms with Crippen LogP contribution < -0.4 is 0 Å². The summed E-state index contributed by atoms with van der Waals surface area (Å²) in [6.45, 7) is 3.32. The average Bonchev–Trinajstić information content (AvgIpc) is 2.48. The Morgan fingerprint density at radius 1 is 1.14 bits per heavy atom. The molecule has 2 aromatic carbocycles. The second kappa shape index (κ2) is 7.34. The van der Waals surface area contributed by atoms with Crippen molar-refractivity contribution in [1.29, 1.82) is 0 Å². The number of aliphatic hydroxyl groups is 1. The van der Waals surface area contributed by atoms with Crippen molar-refractivity contribution >= 4 is 0 Å². The van der Waals surface area contributed by atoms with Crippen LogP contribution in [-0.4, -0.2) is 23.6 Å². The zero-order chi connectivity index (χ0) is 15.2. The van der Waals surface area contributed by atoms with Gasteiger partial charge in [-0.3, -0.25) is 0 Å². The minimum Gasteiger partial charge on any atom is -0.388 e. The molecule has 0 bridgehead atoms. The molecule has 0 fully saturated rings. The van der Waals surface area contributed by atoms with Crippen LogP contribution in [0.5, 0.6) is 0 Å². The summed E-state index contributed by atoms with van der Waals surface area (Å²) in [7, 11) is 2.02. The molecule has 0 aliphatic rings. The van der Waals surface area contributed by atoms with Crippen molar-refractivity contribution < 1.29 is 9.50 Å². The quantitative estimate of drug-likeness (QED) is 0.876. The summed E-state index contributed by atoms with van der Waals surface area (Å²) in [5.41, 5.74) is 2.49. The lowest BCUT2D eigenvalue weighted by molar-refractivity contribution is 0.147. The molecule has 0 spiro atoms. The molecular weight excluding hydrogens is 265 g/mol. The van der Waals surface area contributed by atoms with Gasteiger partial charge >= 0.3 is 0 Å². The highest BCUT2D eigenvalue weighted by Crippen LogP contribution is 2.19. The number of aliphatic hydroxyl groups excluding tert-OH is 1. The fourth-order valence-corrected chi connectivity index (χ4v) is 2.30. The molecule has 1 N–H and O–H groups in total. The number of nitrogens with zero attached hydrogens (tertiary/aromatic N) is 1. The van der Waals surface area contributed by atoms with E-state index in [1.165, 1.54) is 11.6 Å². The summed E-state index contributed by atoms with van der Waals surface area (Å²) in [5.74, 6) is -0.260. The van der Waals surface area contributed by atoms with Gasteiger partial charge in [0.25, 0.3) is 0 Å². The highest BCUT2D eigenvalue weighted by Gasteiger charge is 2.11. The van der Waals surface area contributed by atoms with Gasteiger partial charge in [0.2, 0.25) is 0 Å². The molecule has 0 aromatic heterocycles. The van der Waals surface area contributed by atoms with E-state index in [1.807, 2.05) is 25.2 Å². The van der Waals surface area contributed by atoms with Crippen molar-refractivity contribution in [2.24, 2.45) is 0 Å². The fraction of sp³-hybridized carbons (Fsp3) is 0.333. The first-order valence-electron chi connectivity index (χ1n) is 7.23. The van der Waals surface area contributed by atoms with Crippen LogP contribution in [0.1, 0.15) is 29.2 Å². The van der Waals surface area contributed by atoms with Crippen LogP contribution in [0.2, 0.25) is 0 Å². The van der Waals surface area contributed by atoms with Crippen molar-refractivity contribution in [2.75, 3.05) is 13.6 Å². The van der Waals surface area contributed by atoms with Gasteiger partial charge in [-0.05, 0) is 43.1 Å². The van der Waals surface area contributed by atoms with E-state index in [1.54, 1.807) is 19.1 Å². The third kappa shape index (κ3) is 4.66. The highest BCUT2D eigenvalue weighted by atomic mass is 19.1. The molecule has 0 saturated heterocycles. The van der Waals surface area contributed by atoms with Crippen molar-refractivity contribution in [3.05, 3.63) is 71.0 Å². The largest absolute Gasteiger partial charge is 0.388 e. The fourth-order valence-electron chi connectivity index (χ4n) is 2.30.